The van der Waals surface area contributed by atoms with E-state index in [1.54, 1.807) is 6.92 Å². The number of nitrogens with one attached hydrogen (secondary N) is 2. The predicted octanol–water partition coefficient (Wildman–Crippen LogP) is 3.11. The Bertz CT molecular complexity index is 1290. The van der Waals surface area contributed by atoms with Gasteiger partial charge in [0.1, 0.15) is 6.04 Å². The van der Waals surface area contributed by atoms with Crippen LogP contribution in [0, 0.1) is 5.92 Å². The largest absolute Gasteiger partial charge is 0.343 e. The lowest BCUT2D eigenvalue weighted by molar-refractivity contribution is -0.146. The average Bonchev–Trinajstić information content (AvgIpc) is 3.03. The van der Waals surface area contributed by atoms with Crippen LogP contribution in [0.2, 0.25) is 5.02 Å². The maximum absolute atomic E-state index is 14.0. The van der Waals surface area contributed by atoms with Gasteiger partial charge in [-0.1, -0.05) is 61.8 Å². The molecule has 2 unspecified atom stereocenters. The molecule has 0 spiro atoms. The number of fused-ring (bicyclic) bond motifs is 1. The standard InChI is InChI=1S/C34H47ClN6O3/c1-24(2)23-41(30-12-14-38(15-13-30)25(3)42)40-18-16-39(17-19-40)34(44)32(20-26-8-10-29(35)11-9-26)37-33(43)31-21-27-6-4-5-7-28(27)22-36-31/h4-11,24,30-32,36H,12-23H2,1-3H3,(H,37,43). The molecule has 2 N–H and O–H groups in total. The van der Waals surface area contributed by atoms with E-state index in [1.807, 2.05) is 46.2 Å². The van der Waals surface area contributed by atoms with Crippen LogP contribution in [-0.4, -0.2) is 101 Å². The predicted molar refractivity (Wildman–Crippen MR) is 173 cm³/mol. The Morgan fingerprint density at radius 1 is 0.932 bits per heavy atom. The SMILES string of the molecule is CC(=O)N1CCC(N(CC(C)C)N2CCN(C(=O)C(Cc3ccc(Cl)cc3)NC(=O)C3Cc4ccccc4CN3)CC2)CC1. The number of likely N-dealkylation sites (tertiary alicyclic amines) is 1. The lowest BCUT2D eigenvalue weighted by atomic mass is 9.95. The summed E-state index contributed by atoms with van der Waals surface area (Å²) in [6, 6.07) is 15.0. The van der Waals surface area contributed by atoms with Gasteiger partial charge in [0.15, 0.2) is 0 Å². The summed E-state index contributed by atoms with van der Waals surface area (Å²) in [6.45, 7) is 12.0. The average molecular weight is 623 g/mol. The normalized spacial score (nSPS) is 20.5. The monoisotopic (exact) mass is 622 g/mol. The molecule has 2 atom stereocenters. The molecular formula is C34H47ClN6O3. The summed E-state index contributed by atoms with van der Waals surface area (Å²) in [5.41, 5.74) is 3.33. The highest BCUT2D eigenvalue weighted by Gasteiger charge is 2.35. The van der Waals surface area contributed by atoms with Crippen molar-refractivity contribution in [3.05, 3.63) is 70.2 Å². The van der Waals surface area contributed by atoms with Crippen LogP contribution in [0.15, 0.2) is 48.5 Å². The highest BCUT2D eigenvalue weighted by Crippen LogP contribution is 2.22. The van der Waals surface area contributed by atoms with Gasteiger partial charge in [0.05, 0.1) is 6.04 Å². The summed E-state index contributed by atoms with van der Waals surface area (Å²) in [6.07, 6.45) is 2.92. The summed E-state index contributed by atoms with van der Waals surface area (Å²) in [7, 11) is 0. The van der Waals surface area contributed by atoms with Crippen LogP contribution in [0.5, 0.6) is 0 Å². The molecule has 3 amide bonds. The van der Waals surface area contributed by atoms with Crippen molar-refractivity contribution in [1.82, 2.24) is 30.5 Å². The number of benzene rings is 2. The first-order chi connectivity index (χ1) is 21.2. The zero-order chi connectivity index (χ0) is 31.2. The summed E-state index contributed by atoms with van der Waals surface area (Å²) in [5, 5.41) is 12.0. The van der Waals surface area contributed by atoms with E-state index in [-0.39, 0.29) is 23.8 Å². The lowest BCUT2D eigenvalue weighted by Gasteiger charge is -2.47. The van der Waals surface area contributed by atoms with Gasteiger partial charge in [-0.05, 0) is 54.0 Å². The van der Waals surface area contributed by atoms with Crippen molar-refractivity contribution < 1.29 is 14.4 Å². The van der Waals surface area contributed by atoms with E-state index in [2.05, 4.69) is 46.6 Å². The van der Waals surface area contributed by atoms with E-state index in [0.717, 1.165) is 51.1 Å². The molecule has 0 aromatic heterocycles. The van der Waals surface area contributed by atoms with Crippen molar-refractivity contribution in [3.63, 3.8) is 0 Å². The molecule has 0 saturated carbocycles. The second-order valence-electron chi connectivity index (χ2n) is 12.8. The van der Waals surface area contributed by atoms with Crippen molar-refractivity contribution in [2.45, 2.75) is 71.1 Å². The summed E-state index contributed by atoms with van der Waals surface area (Å²) >= 11 is 6.13. The molecule has 238 valence electrons. The zero-order valence-corrected chi connectivity index (χ0v) is 27.1. The van der Waals surface area contributed by atoms with Gasteiger partial charge in [0, 0.05) is 76.8 Å². The molecule has 5 rings (SSSR count). The molecule has 3 heterocycles. The Morgan fingerprint density at radius 3 is 2.23 bits per heavy atom. The van der Waals surface area contributed by atoms with E-state index in [1.165, 1.54) is 11.1 Å². The van der Waals surface area contributed by atoms with Gasteiger partial charge in [-0.25, -0.2) is 10.0 Å². The molecule has 0 aliphatic carbocycles. The van der Waals surface area contributed by atoms with Gasteiger partial charge in [0.25, 0.3) is 0 Å². The molecule has 10 heteroatoms. The number of nitrogens with zero attached hydrogens (tertiary/aromatic N) is 4. The number of amides is 3. The second kappa shape index (κ2) is 14.9. The number of halogens is 1. The molecule has 3 aliphatic rings. The Hall–Kier alpha value is -2.98. The molecule has 2 aromatic rings. The van der Waals surface area contributed by atoms with Gasteiger partial charge < -0.3 is 20.4 Å². The van der Waals surface area contributed by atoms with Crippen LogP contribution in [0.25, 0.3) is 0 Å². The van der Waals surface area contributed by atoms with E-state index in [4.69, 9.17) is 11.6 Å². The van der Waals surface area contributed by atoms with E-state index in [9.17, 15) is 14.4 Å². The molecule has 0 radical (unpaired) electrons. The molecule has 3 aliphatic heterocycles. The topological polar surface area (TPSA) is 88.2 Å². The highest BCUT2D eigenvalue weighted by molar-refractivity contribution is 6.30. The molecular weight excluding hydrogens is 576 g/mol. The van der Waals surface area contributed by atoms with E-state index < -0.39 is 6.04 Å². The number of carbonyl (C=O) groups excluding carboxylic acids is 3. The smallest absolute Gasteiger partial charge is 0.245 e. The maximum atomic E-state index is 14.0. The molecule has 2 fully saturated rings. The van der Waals surface area contributed by atoms with Crippen LogP contribution in [0.4, 0.5) is 0 Å². The number of rotatable bonds is 9. The van der Waals surface area contributed by atoms with Crippen LogP contribution in [0.1, 0.15) is 50.3 Å². The fourth-order valence-corrected chi connectivity index (χ4v) is 6.84. The van der Waals surface area contributed by atoms with Crippen molar-refractivity contribution in [2.75, 3.05) is 45.8 Å². The molecule has 9 nitrogen and oxygen atoms in total. The fraction of sp³-hybridized carbons (Fsp3) is 0.559. The Kier molecular flexibility index (Phi) is 11.0. The first-order valence-electron chi connectivity index (χ1n) is 16.1. The minimum Gasteiger partial charge on any atom is -0.343 e. The maximum Gasteiger partial charge on any atom is 0.245 e. The molecule has 44 heavy (non-hydrogen) atoms. The van der Waals surface area contributed by atoms with Crippen LogP contribution < -0.4 is 10.6 Å². The number of piperidine rings is 1. The number of hydrazine groups is 1. The lowest BCUT2D eigenvalue weighted by Crippen LogP contribution is -2.62. The highest BCUT2D eigenvalue weighted by atomic mass is 35.5. The van der Waals surface area contributed by atoms with Crippen LogP contribution in [-0.2, 0) is 33.8 Å². The molecule has 2 aromatic carbocycles. The van der Waals surface area contributed by atoms with Gasteiger partial charge in [-0.3, -0.25) is 14.4 Å². The fourth-order valence-electron chi connectivity index (χ4n) is 6.71. The number of hydrogen-bond donors (Lipinski definition) is 2. The minimum absolute atomic E-state index is 0.0469. The number of piperazine rings is 1. The summed E-state index contributed by atoms with van der Waals surface area (Å²) in [5.74, 6) is 0.454. The summed E-state index contributed by atoms with van der Waals surface area (Å²) in [4.78, 5) is 43.3. The van der Waals surface area contributed by atoms with Gasteiger partial charge in [-0.2, -0.15) is 0 Å². The van der Waals surface area contributed by atoms with Crippen molar-refractivity contribution in [1.29, 1.82) is 0 Å². The number of hydrogen-bond acceptors (Lipinski definition) is 6. The van der Waals surface area contributed by atoms with Crippen molar-refractivity contribution in [2.24, 2.45) is 5.92 Å². The quantitative estimate of drug-likeness (QED) is 0.447. The van der Waals surface area contributed by atoms with Crippen molar-refractivity contribution in [3.8, 4) is 0 Å². The summed E-state index contributed by atoms with van der Waals surface area (Å²) < 4.78 is 0. The number of carbonyl (C=O) groups is 3. The van der Waals surface area contributed by atoms with Gasteiger partial charge in [0.2, 0.25) is 17.7 Å². The Morgan fingerprint density at radius 2 is 1.59 bits per heavy atom. The van der Waals surface area contributed by atoms with E-state index >= 15 is 0 Å². The minimum atomic E-state index is -0.670. The Balaban J connectivity index is 1.24. The molecule has 2 saturated heterocycles. The second-order valence-corrected chi connectivity index (χ2v) is 13.3. The third-order valence-electron chi connectivity index (χ3n) is 9.18. The Labute approximate surface area is 266 Å². The third-order valence-corrected chi connectivity index (χ3v) is 9.43. The van der Waals surface area contributed by atoms with Crippen LogP contribution >= 0.6 is 11.6 Å². The van der Waals surface area contributed by atoms with Crippen molar-refractivity contribution >= 4 is 29.3 Å². The van der Waals surface area contributed by atoms with E-state index in [0.29, 0.717) is 49.5 Å². The first kappa shape index (κ1) is 32.4. The first-order valence-corrected chi connectivity index (χ1v) is 16.5. The van der Waals surface area contributed by atoms with Gasteiger partial charge in [-0.15, -0.1) is 0 Å². The molecule has 0 bridgehead atoms. The third kappa shape index (κ3) is 8.18. The zero-order valence-electron chi connectivity index (χ0n) is 26.3. The van der Waals surface area contributed by atoms with Crippen LogP contribution in [0.3, 0.4) is 0 Å². The van der Waals surface area contributed by atoms with Gasteiger partial charge >= 0.3 is 0 Å².